The summed E-state index contributed by atoms with van der Waals surface area (Å²) < 4.78 is 0. The summed E-state index contributed by atoms with van der Waals surface area (Å²) in [5.41, 5.74) is 5.75. The highest BCUT2D eigenvalue weighted by molar-refractivity contribution is 5.48. The number of nitrogens with zero attached hydrogens (tertiary/aromatic N) is 3. The van der Waals surface area contributed by atoms with Crippen molar-refractivity contribution in [2.45, 2.75) is 39.3 Å². The van der Waals surface area contributed by atoms with Gasteiger partial charge >= 0.3 is 0 Å². The van der Waals surface area contributed by atoms with Gasteiger partial charge < -0.3 is 16.0 Å². The lowest BCUT2D eigenvalue weighted by Gasteiger charge is -2.27. The van der Waals surface area contributed by atoms with E-state index < -0.39 is 0 Å². The maximum absolute atomic E-state index is 5.99. The zero-order chi connectivity index (χ0) is 13.1. The molecular weight excluding hydrogens is 214 g/mol. The van der Waals surface area contributed by atoms with E-state index >= 15 is 0 Å². The second kappa shape index (κ2) is 5.31. The molecule has 0 aliphatic heterocycles. The molecule has 0 saturated carbocycles. The molecule has 1 aromatic rings. The highest BCUT2D eigenvalue weighted by Gasteiger charge is 2.15. The van der Waals surface area contributed by atoms with Crippen LogP contribution in [0.2, 0.25) is 0 Å². The topological polar surface area (TPSA) is 67.1 Å². The minimum absolute atomic E-state index is 0.245. The Kier molecular flexibility index (Phi) is 4.28. The number of hydrogen-bond acceptors (Lipinski definition) is 5. The monoisotopic (exact) mass is 237 g/mol. The molecule has 5 heteroatoms. The molecule has 0 bridgehead atoms. The summed E-state index contributed by atoms with van der Waals surface area (Å²) in [5.74, 6) is 1.72. The average Bonchev–Trinajstić information content (AvgIpc) is 2.14. The Balaban J connectivity index is 2.77. The SMILES string of the molecule is CC(C)Nc1cc(N(C)CC(C)(C)N)ncn1. The Bertz CT molecular complexity index is 356. The molecule has 1 rings (SSSR count). The van der Waals surface area contributed by atoms with Crippen LogP contribution < -0.4 is 16.0 Å². The smallest absolute Gasteiger partial charge is 0.133 e. The van der Waals surface area contributed by atoms with E-state index in [-0.39, 0.29) is 5.54 Å². The first kappa shape index (κ1) is 13.7. The summed E-state index contributed by atoms with van der Waals surface area (Å²) in [4.78, 5) is 10.5. The number of likely N-dealkylation sites (N-methyl/N-ethyl adjacent to an activating group) is 1. The molecule has 0 unspecified atom stereocenters. The van der Waals surface area contributed by atoms with E-state index in [4.69, 9.17) is 5.73 Å². The second-order valence-electron chi connectivity index (χ2n) is 5.41. The van der Waals surface area contributed by atoms with Crippen molar-refractivity contribution in [1.82, 2.24) is 9.97 Å². The number of nitrogens with two attached hydrogens (primary N) is 1. The normalized spacial score (nSPS) is 11.7. The van der Waals surface area contributed by atoms with E-state index in [2.05, 4.69) is 29.1 Å². The van der Waals surface area contributed by atoms with Crippen molar-refractivity contribution in [3.8, 4) is 0 Å². The summed E-state index contributed by atoms with van der Waals surface area (Å²) in [5, 5.41) is 3.25. The zero-order valence-corrected chi connectivity index (χ0v) is 11.4. The first-order valence-corrected chi connectivity index (χ1v) is 5.86. The number of hydrogen-bond donors (Lipinski definition) is 2. The van der Waals surface area contributed by atoms with Crippen LogP contribution in [-0.4, -0.2) is 35.1 Å². The van der Waals surface area contributed by atoms with Gasteiger partial charge in [0, 0.05) is 31.2 Å². The maximum atomic E-state index is 5.99. The third kappa shape index (κ3) is 4.99. The van der Waals surface area contributed by atoms with Crippen LogP contribution in [0.15, 0.2) is 12.4 Å². The fourth-order valence-electron chi connectivity index (χ4n) is 1.62. The Morgan fingerprint density at radius 3 is 2.59 bits per heavy atom. The van der Waals surface area contributed by atoms with Gasteiger partial charge in [0.15, 0.2) is 0 Å². The quantitative estimate of drug-likeness (QED) is 0.811. The van der Waals surface area contributed by atoms with Crippen LogP contribution >= 0.6 is 0 Å². The maximum Gasteiger partial charge on any atom is 0.133 e. The third-order valence-corrected chi connectivity index (χ3v) is 2.12. The molecule has 0 saturated heterocycles. The summed E-state index contributed by atoms with van der Waals surface area (Å²) >= 11 is 0. The van der Waals surface area contributed by atoms with Gasteiger partial charge in [0.25, 0.3) is 0 Å². The van der Waals surface area contributed by atoms with Gasteiger partial charge in [0.1, 0.15) is 18.0 Å². The molecule has 0 atom stereocenters. The standard InChI is InChI=1S/C12H23N5/c1-9(2)16-10-6-11(15-8-14-10)17(5)7-12(3,4)13/h6,8-9H,7,13H2,1-5H3,(H,14,15,16). The van der Waals surface area contributed by atoms with E-state index in [1.165, 1.54) is 0 Å². The molecule has 0 aromatic carbocycles. The average molecular weight is 237 g/mol. The highest BCUT2D eigenvalue weighted by Crippen LogP contribution is 2.15. The predicted octanol–water partition coefficient (Wildman–Crippen LogP) is 1.47. The summed E-state index contributed by atoms with van der Waals surface area (Å²) in [6.07, 6.45) is 1.57. The van der Waals surface area contributed by atoms with Crippen LogP contribution in [-0.2, 0) is 0 Å². The predicted molar refractivity (Wildman–Crippen MR) is 72.3 cm³/mol. The van der Waals surface area contributed by atoms with Crippen molar-refractivity contribution in [3.05, 3.63) is 12.4 Å². The van der Waals surface area contributed by atoms with Crippen LogP contribution in [0.5, 0.6) is 0 Å². The fourth-order valence-corrected chi connectivity index (χ4v) is 1.62. The van der Waals surface area contributed by atoms with Crippen molar-refractivity contribution in [2.75, 3.05) is 23.8 Å². The molecule has 1 heterocycles. The molecule has 0 fully saturated rings. The van der Waals surface area contributed by atoms with E-state index in [1.54, 1.807) is 6.33 Å². The lowest BCUT2D eigenvalue weighted by atomic mass is 10.1. The molecule has 5 nitrogen and oxygen atoms in total. The summed E-state index contributed by atoms with van der Waals surface area (Å²) in [6, 6.07) is 2.29. The third-order valence-electron chi connectivity index (χ3n) is 2.12. The van der Waals surface area contributed by atoms with E-state index in [1.807, 2.05) is 31.9 Å². The molecule has 0 amide bonds. The Morgan fingerprint density at radius 1 is 1.41 bits per heavy atom. The first-order valence-electron chi connectivity index (χ1n) is 5.86. The van der Waals surface area contributed by atoms with E-state index in [0.29, 0.717) is 6.04 Å². The Hall–Kier alpha value is -1.36. The lowest BCUT2D eigenvalue weighted by Crippen LogP contribution is -2.44. The van der Waals surface area contributed by atoms with Crippen molar-refractivity contribution in [3.63, 3.8) is 0 Å². The first-order chi connectivity index (χ1) is 7.78. The van der Waals surface area contributed by atoms with E-state index in [0.717, 1.165) is 18.2 Å². The van der Waals surface area contributed by atoms with Crippen molar-refractivity contribution in [2.24, 2.45) is 5.73 Å². The molecule has 1 aromatic heterocycles. The highest BCUT2D eigenvalue weighted by atomic mass is 15.2. The number of anilines is 2. The van der Waals surface area contributed by atoms with Crippen molar-refractivity contribution in [1.29, 1.82) is 0 Å². The molecule has 0 spiro atoms. The number of rotatable bonds is 5. The van der Waals surface area contributed by atoms with Gasteiger partial charge in [-0.1, -0.05) is 0 Å². The number of aromatic nitrogens is 2. The molecule has 17 heavy (non-hydrogen) atoms. The summed E-state index contributed by atoms with van der Waals surface area (Å²) in [6.45, 7) is 8.89. The fraction of sp³-hybridized carbons (Fsp3) is 0.667. The van der Waals surface area contributed by atoms with E-state index in [9.17, 15) is 0 Å². The van der Waals surface area contributed by atoms with Crippen LogP contribution in [0.1, 0.15) is 27.7 Å². The minimum atomic E-state index is -0.245. The van der Waals surface area contributed by atoms with Gasteiger partial charge in [0.05, 0.1) is 0 Å². The molecule has 96 valence electrons. The molecule has 0 aliphatic rings. The van der Waals surface area contributed by atoms with Crippen molar-refractivity contribution < 1.29 is 0 Å². The van der Waals surface area contributed by atoms with Gasteiger partial charge in [0.2, 0.25) is 0 Å². The van der Waals surface area contributed by atoms with Gasteiger partial charge in [-0.25, -0.2) is 9.97 Å². The van der Waals surface area contributed by atoms with Crippen LogP contribution in [0, 0.1) is 0 Å². The van der Waals surface area contributed by atoms with Crippen LogP contribution in [0.3, 0.4) is 0 Å². The van der Waals surface area contributed by atoms with Gasteiger partial charge in [-0.15, -0.1) is 0 Å². The largest absolute Gasteiger partial charge is 0.368 e. The van der Waals surface area contributed by atoms with Gasteiger partial charge in [-0.3, -0.25) is 0 Å². The number of nitrogens with one attached hydrogen (secondary N) is 1. The lowest BCUT2D eigenvalue weighted by molar-refractivity contribution is 0.517. The molecular formula is C12H23N5. The van der Waals surface area contributed by atoms with Gasteiger partial charge in [-0.2, -0.15) is 0 Å². The van der Waals surface area contributed by atoms with Crippen molar-refractivity contribution >= 4 is 11.6 Å². The molecule has 0 radical (unpaired) electrons. The summed E-state index contributed by atoms with van der Waals surface area (Å²) in [7, 11) is 1.98. The zero-order valence-electron chi connectivity index (χ0n) is 11.4. The Labute approximate surface area is 103 Å². The Morgan fingerprint density at radius 2 is 2.06 bits per heavy atom. The second-order valence-corrected chi connectivity index (χ2v) is 5.41. The molecule has 3 N–H and O–H groups in total. The van der Waals surface area contributed by atoms with Crippen LogP contribution in [0.25, 0.3) is 0 Å². The van der Waals surface area contributed by atoms with Crippen LogP contribution in [0.4, 0.5) is 11.6 Å². The van der Waals surface area contributed by atoms with Gasteiger partial charge in [-0.05, 0) is 27.7 Å². The molecule has 0 aliphatic carbocycles. The minimum Gasteiger partial charge on any atom is -0.368 e.